The van der Waals surface area contributed by atoms with Crippen LogP contribution < -0.4 is 11.5 Å². The van der Waals surface area contributed by atoms with E-state index in [2.05, 4.69) is 21.0 Å². The average molecular weight is 347 g/mol. The normalized spacial score (nSPS) is 11.3. The highest BCUT2D eigenvalue weighted by Crippen LogP contribution is 2.34. The summed E-state index contributed by atoms with van der Waals surface area (Å²) >= 11 is 3.36. The van der Waals surface area contributed by atoms with E-state index >= 15 is 0 Å². The van der Waals surface area contributed by atoms with Gasteiger partial charge in [-0.15, -0.1) is 3.89 Å². The molecule has 0 aromatic heterocycles. The largest absolute Gasteiger partial charge is 0.403 e. The molecule has 104 valence electrons. The second kappa shape index (κ2) is 6.81. The summed E-state index contributed by atoms with van der Waals surface area (Å²) in [5.74, 6) is 0. The van der Waals surface area contributed by atoms with Gasteiger partial charge in [-0.25, -0.2) is 0 Å². The predicted molar refractivity (Wildman–Crippen MR) is 84.8 cm³/mol. The van der Waals surface area contributed by atoms with Crippen LogP contribution in [0.4, 0.5) is 9.57 Å². The van der Waals surface area contributed by atoms with Gasteiger partial charge in [0.05, 0.1) is 5.70 Å². The molecule has 7 heteroatoms. The Hall–Kier alpha value is -1.21. The van der Waals surface area contributed by atoms with Gasteiger partial charge >= 0.3 is 0 Å². The van der Waals surface area contributed by atoms with E-state index in [4.69, 9.17) is 11.5 Å². The molecule has 0 aliphatic rings. The lowest BCUT2D eigenvalue weighted by atomic mass is 10.1. The van der Waals surface area contributed by atoms with Gasteiger partial charge in [0.1, 0.15) is 0 Å². The number of halogens is 2. The SMILES string of the molecule is CC(C)=NN(SF)C(=CN)c1cc(Br)cc(C)c1N. The van der Waals surface area contributed by atoms with E-state index in [9.17, 15) is 3.89 Å². The lowest BCUT2D eigenvalue weighted by Gasteiger charge is -2.19. The Kier molecular flexibility index (Phi) is 5.68. The van der Waals surface area contributed by atoms with E-state index in [1.54, 1.807) is 19.9 Å². The van der Waals surface area contributed by atoms with E-state index in [0.29, 0.717) is 22.7 Å². The van der Waals surface area contributed by atoms with Crippen LogP contribution >= 0.6 is 28.3 Å². The van der Waals surface area contributed by atoms with Crippen LogP contribution in [0.5, 0.6) is 0 Å². The lowest BCUT2D eigenvalue weighted by molar-refractivity contribution is 0.667. The molecule has 0 unspecified atom stereocenters. The third-order valence-corrected chi connectivity index (χ3v) is 3.21. The highest BCUT2D eigenvalue weighted by atomic mass is 79.9. The molecule has 0 aliphatic heterocycles. The number of anilines is 1. The maximum atomic E-state index is 13.1. The van der Waals surface area contributed by atoms with Crippen LogP contribution in [-0.2, 0) is 0 Å². The van der Waals surface area contributed by atoms with Crippen molar-refractivity contribution in [1.29, 1.82) is 0 Å². The first-order valence-corrected chi connectivity index (χ1v) is 6.96. The number of rotatable bonds is 4. The minimum absolute atomic E-state index is 0.0271. The molecule has 1 rings (SSSR count). The molecule has 4 nitrogen and oxygen atoms in total. The Labute approximate surface area is 125 Å². The third-order valence-electron chi connectivity index (χ3n) is 2.35. The molecule has 0 fully saturated rings. The van der Waals surface area contributed by atoms with Gasteiger partial charge in [-0.3, -0.25) is 0 Å². The predicted octanol–water partition coefficient (Wildman–Crippen LogP) is 3.83. The molecule has 0 saturated carbocycles. The number of hydrogen-bond donors (Lipinski definition) is 2. The minimum Gasteiger partial charge on any atom is -0.403 e. The molecule has 4 N–H and O–H groups in total. The van der Waals surface area contributed by atoms with Crippen molar-refractivity contribution in [3.05, 3.63) is 33.9 Å². The van der Waals surface area contributed by atoms with Crippen molar-refractivity contribution in [2.45, 2.75) is 20.8 Å². The molecule has 0 amide bonds. The summed E-state index contributed by atoms with van der Waals surface area (Å²) in [5, 5.41) is 4.06. The Balaban J connectivity index is 3.36. The maximum Gasteiger partial charge on any atom is 0.188 e. The molecule has 0 saturated heterocycles. The number of hydrogen-bond acceptors (Lipinski definition) is 5. The van der Waals surface area contributed by atoms with E-state index in [1.807, 2.05) is 13.0 Å². The fraction of sp³-hybridized carbons (Fsp3) is 0.250. The Bertz CT molecular complexity index is 527. The fourth-order valence-corrected chi connectivity index (χ4v) is 2.51. The van der Waals surface area contributed by atoms with Gasteiger partial charge in [-0.05, 0) is 38.5 Å². The quantitative estimate of drug-likeness (QED) is 0.376. The monoisotopic (exact) mass is 346 g/mol. The van der Waals surface area contributed by atoms with Crippen LogP contribution in [0.2, 0.25) is 0 Å². The van der Waals surface area contributed by atoms with Gasteiger partial charge in [0, 0.05) is 27.6 Å². The summed E-state index contributed by atoms with van der Waals surface area (Å²) in [6, 6.07) is 3.67. The maximum absolute atomic E-state index is 13.1. The summed E-state index contributed by atoms with van der Waals surface area (Å²) in [5.41, 5.74) is 14.8. The molecule has 1 aromatic carbocycles. The van der Waals surface area contributed by atoms with Crippen LogP contribution in [0.25, 0.3) is 5.70 Å². The van der Waals surface area contributed by atoms with Crippen LogP contribution in [0.15, 0.2) is 27.9 Å². The van der Waals surface area contributed by atoms with Crippen molar-refractivity contribution in [1.82, 2.24) is 4.41 Å². The van der Waals surface area contributed by atoms with E-state index < -0.39 is 0 Å². The molecule has 19 heavy (non-hydrogen) atoms. The fourth-order valence-electron chi connectivity index (χ4n) is 1.51. The zero-order valence-corrected chi connectivity index (χ0v) is 13.3. The first-order chi connectivity index (χ1) is 8.90. The summed E-state index contributed by atoms with van der Waals surface area (Å²) in [4.78, 5) is 0. The standard InChI is InChI=1S/C12H16BrFN4S/c1-7(2)17-18(19-14)11(6-15)10-5-9(13)4-8(3)12(10)16/h4-6H,15-16H2,1-3H3. The molecule has 0 atom stereocenters. The van der Waals surface area contributed by atoms with Crippen molar-refractivity contribution >= 4 is 45.4 Å². The molecule has 0 radical (unpaired) electrons. The topological polar surface area (TPSA) is 67.6 Å². The van der Waals surface area contributed by atoms with E-state index in [1.165, 1.54) is 6.20 Å². The lowest BCUT2D eigenvalue weighted by Crippen LogP contribution is -2.11. The Morgan fingerprint density at radius 3 is 2.58 bits per heavy atom. The van der Waals surface area contributed by atoms with Gasteiger partial charge in [0.15, 0.2) is 12.3 Å². The minimum atomic E-state index is -0.0271. The van der Waals surface area contributed by atoms with Crippen LogP contribution in [-0.4, -0.2) is 10.1 Å². The Morgan fingerprint density at radius 2 is 2.11 bits per heavy atom. The average Bonchev–Trinajstić information content (AvgIpc) is 2.34. The van der Waals surface area contributed by atoms with Crippen molar-refractivity contribution < 1.29 is 3.89 Å². The molecule has 0 heterocycles. The van der Waals surface area contributed by atoms with Crippen molar-refractivity contribution in [3.63, 3.8) is 0 Å². The first kappa shape index (κ1) is 15.8. The van der Waals surface area contributed by atoms with Crippen LogP contribution in [0.1, 0.15) is 25.0 Å². The highest BCUT2D eigenvalue weighted by molar-refractivity contribution is 9.10. The number of nitrogens with zero attached hydrogens (tertiary/aromatic N) is 2. The second-order valence-electron chi connectivity index (χ2n) is 4.12. The number of nitrogens with two attached hydrogens (primary N) is 2. The van der Waals surface area contributed by atoms with Gasteiger partial charge < -0.3 is 11.5 Å². The summed E-state index contributed by atoms with van der Waals surface area (Å²) < 4.78 is 15.0. The van der Waals surface area contributed by atoms with E-state index in [0.717, 1.165) is 14.5 Å². The van der Waals surface area contributed by atoms with Gasteiger partial charge in [-0.2, -0.15) is 9.52 Å². The van der Waals surface area contributed by atoms with E-state index in [-0.39, 0.29) is 12.3 Å². The number of aryl methyl sites for hydroxylation is 1. The molecular weight excluding hydrogens is 331 g/mol. The van der Waals surface area contributed by atoms with Gasteiger partial charge in [0.2, 0.25) is 0 Å². The molecule has 0 aliphatic carbocycles. The first-order valence-electron chi connectivity index (χ1n) is 5.49. The third kappa shape index (κ3) is 3.87. The second-order valence-corrected chi connectivity index (χ2v) is 5.52. The van der Waals surface area contributed by atoms with Crippen LogP contribution in [0, 0.1) is 6.92 Å². The number of hydrazone groups is 1. The van der Waals surface area contributed by atoms with Crippen molar-refractivity contribution in [2.75, 3.05) is 5.73 Å². The summed E-state index contributed by atoms with van der Waals surface area (Å²) in [6.45, 7) is 5.42. The highest BCUT2D eigenvalue weighted by Gasteiger charge is 2.16. The number of nitrogen functional groups attached to an aromatic ring is 1. The summed E-state index contributed by atoms with van der Waals surface area (Å²) in [7, 11) is 0. The molecule has 1 aromatic rings. The smallest absolute Gasteiger partial charge is 0.188 e. The zero-order chi connectivity index (χ0) is 14.6. The molecule has 0 spiro atoms. The van der Waals surface area contributed by atoms with Gasteiger partial charge in [0.25, 0.3) is 0 Å². The Morgan fingerprint density at radius 1 is 1.47 bits per heavy atom. The summed E-state index contributed by atoms with van der Waals surface area (Å²) in [6.07, 6.45) is 1.29. The molecular formula is C12H16BrFN4S. The molecule has 0 bridgehead atoms. The van der Waals surface area contributed by atoms with Crippen molar-refractivity contribution in [3.8, 4) is 0 Å². The zero-order valence-electron chi connectivity index (χ0n) is 10.9. The number of benzene rings is 1. The van der Waals surface area contributed by atoms with Crippen LogP contribution in [0.3, 0.4) is 0 Å². The van der Waals surface area contributed by atoms with Crippen molar-refractivity contribution in [2.24, 2.45) is 10.8 Å². The van der Waals surface area contributed by atoms with Gasteiger partial charge in [-0.1, -0.05) is 15.9 Å².